The predicted molar refractivity (Wildman–Crippen MR) is 76.5 cm³/mol. The second-order valence-corrected chi connectivity index (χ2v) is 4.31. The number of carbonyl (C=O) groups is 1. The average molecular weight is 266 g/mol. The number of rotatable bonds is 4. The van der Waals surface area contributed by atoms with Gasteiger partial charge in [-0.1, -0.05) is 29.8 Å². The van der Waals surface area contributed by atoms with Crippen molar-refractivity contribution >= 4 is 11.6 Å². The van der Waals surface area contributed by atoms with Crippen LogP contribution in [0.5, 0.6) is 5.75 Å². The number of aryl methyl sites for hydroxylation is 1. The fourth-order valence-corrected chi connectivity index (χ4v) is 1.66. The molecule has 100 valence electrons. The van der Waals surface area contributed by atoms with Crippen LogP contribution in [0.25, 0.3) is 0 Å². The number of nitrogens with zero attached hydrogens (tertiary/aromatic N) is 1. The van der Waals surface area contributed by atoms with Crippen LogP contribution in [0.2, 0.25) is 0 Å². The number of anilines is 1. The minimum atomic E-state index is -0.298. The van der Waals surface area contributed by atoms with Crippen molar-refractivity contribution in [3.63, 3.8) is 0 Å². The van der Waals surface area contributed by atoms with E-state index in [9.17, 15) is 4.79 Å². The molecular formula is C16H14N2O2. The highest BCUT2D eigenvalue weighted by Crippen LogP contribution is 2.14. The Balaban J connectivity index is 1.93. The Morgan fingerprint density at radius 3 is 2.60 bits per heavy atom. The van der Waals surface area contributed by atoms with Gasteiger partial charge in [0, 0.05) is 0 Å². The smallest absolute Gasteiger partial charge is 0.262 e. The van der Waals surface area contributed by atoms with Crippen LogP contribution in [0.3, 0.4) is 0 Å². The minimum absolute atomic E-state index is 0.0944. The highest BCUT2D eigenvalue weighted by molar-refractivity contribution is 5.93. The number of nitriles is 1. The lowest BCUT2D eigenvalue weighted by molar-refractivity contribution is -0.118. The molecular weight excluding hydrogens is 252 g/mol. The summed E-state index contributed by atoms with van der Waals surface area (Å²) < 4.78 is 5.37. The van der Waals surface area contributed by atoms with Crippen LogP contribution in [0.4, 0.5) is 5.69 Å². The highest BCUT2D eigenvalue weighted by atomic mass is 16.5. The molecule has 0 saturated heterocycles. The molecule has 0 aliphatic heterocycles. The van der Waals surface area contributed by atoms with E-state index in [1.807, 2.05) is 37.3 Å². The topological polar surface area (TPSA) is 62.1 Å². The number of hydrogen-bond acceptors (Lipinski definition) is 3. The van der Waals surface area contributed by atoms with E-state index in [1.165, 1.54) is 0 Å². The molecule has 0 aromatic heterocycles. The van der Waals surface area contributed by atoms with Crippen molar-refractivity contribution < 1.29 is 9.53 Å². The maximum atomic E-state index is 11.8. The SMILES string of the molecule is Cc1ccc(OCC(=O)Nc2ccccc2C#N)cc1. The third-order valence-corrected chi connectivity index (χ3v) is 2.71. The van der Waals surface area contributed by atoms with Gasteiger partial charge in [-0.25, -0.2) is 0 Å². The zero-order valence-electron chi connectivity index (χ0n) is 11.1. The molecule has 0 fully saturated rings. The molecule has 1 N–H and O–H groups in total. The monoisotopic (exact) mass is 266 g/mol. The van der Waals surface area contributed by atoms with Crippen LogP contribution in [-0.4, -0.2) is 12.5 Å². The first-order valence-corrected chi connectivity index (χ1v) is 6.17. The Bertz CT molecular complexity index is 642. The predicted octanol–water partition coefficient (Wildman–Crippen LogP) is 2.88. The quantitative estimate of drug-likeness (QED) is 0.925. The third kappa shape index (κ3) is 3.59. The minimum Gasteiger partial charge on any atom is -0.484 e. The lowest BCUT2D eigenvalue weighted by atomic mass is 10.2. The van der Waals surface area contributed by atoms with E-state index in [2.05, 4.69) is 5.32 Å². The Hall–Kier alpha value is -2.80. The lowest BCUT2D eigenvalue weighted by Gasteiger charge is -2.08. The summed E-state index contributed by atoms with van der Waals surface area (Å²) in [6.07, 6.45) is 0. The normalized spacial score (nSPS) is 9.60. The largest absolute Gasteiger partial charge is 0.484 e. The zero-order valence-corrected chi connectivity index (χ0v) is 11.1. The average Bonchev–Trinajstić information content (AvgIpc) is 2.47. The summed E-state index contributed by atoms with van der Waals surface area (Å²) in [5, 5.41) is 11.6. The van der Waals surface area contributed by atoms with Crippen LogP contribution < -0.4 is 10.1 Å². The summed E-state index contributed by atoms with van der Waals surface area (Å²) in [6, 6.07) is 16.3. The van der Waals surface area contributed by atoms with E-state index in [0.717, 1.165) is 5.56 Å². The first-order valence-electron chi connectivity index (χ1n) is 6.17. The van der Waals surface area contributed by atoms with E-state index in [0.29, 0.717) is 17.0 Å². The fourth-order valence-electron chi connectivity index (χ4n) is 1.66. The number of para-hydroxylation sites is 1. The summed E-state index contributed by atoms with van der Waals surface area (Å²) in [5.41, 5.74) is 2.05. The Morgan fingerprint density at radius 1 is 1.20 bits per heavy atom. The first kappa shape index (κ1) is 13.6. The van der Waals surface area contributed by atoms with E-state index >= 15 is 0 Å². The van der Waals surface area contributed by atoms with Gasteiger partial charge in [-0.15, -0.1) is 0 Å². The first-order chi connectivity index (χ1) is 9.69. The zero-order chi connectivity index (χ0) is 14.4. The molecule has 0 atom stereocenters. The number of nitrogens with one attached hydrogen (secondary N) is 1. The molecule has 4 heteroatoms. The van der Waals surface area contributed by atoms with Gasteiger partial charge in [0.05, 0.1) is 11.3 Å². The van der Waals surface area contributed by atoms with Gasteiger partial charge in [0.2, 0.25) is 0 Å². The summed E-state index contributed by atoms with van der Waals surface area (Å²) in [5.74, 6) is 0.340. The maximum Gasteiger partial charge on any atom is 0.262 e. The van der Waals surface area contributed by atoms with E-state index in [-0.39, 0.29) is 12.5 Å². The van der Waals surface area contributed by atoms with Gasteiger partial charge in [0.25, 0.3) is 5.91 Å². The molecule has 20 heavy (non-hydrogen) atoms. The lowest BCUT2D eigenvalue weighted by Crippen LogP contribution is -2.20. The van der Waals surface area contributed by atoms with Crippen molar-refractivity contribution in [2.45, 2.75) is 6.92 Å². The summed E-state index contributed by atoms with van der Waals surface area (Å²) in [7, 11) is 0. The van der Waals surface area contributed by atoms with Gasteiger partial charge in [-0.2, -0.15) is 5.26 Å². The van der Waals surface area contributed by atoms with Crippen LogP contribution in [0.1, 0.15) is 11.1 Å². The molecule has 4 nitrogen and oxygen atoms in total. The van der Waals surface area contributed by atoms with Crippen molar-refractivity contribution in [3.05, 3.63) is 59.7 Å². The summed E-state index contributed by atoms with van der Waals surface area (Å²) in [6.45, 7) is 1.89. The number of carbonyl (C=O) groups excluding carboxylic acids is 1. The number of benzene rings is 2. The van der Waals surface area contributed by atoms with Gasteiger partial charge in [0.15, 0.2) is 6.61 Å². The van der Waals surface area contributed by atoms with Gasteiger partial charge < -0.3 is 10.1 Å². The third-order valence-electron chi connectivity index (χ3n) is 2.71. The number of ether oxygens (including phenoxy) is 1. The van der Waals surface area contributed by atoms with Crippen molar-refractivity contribution in [2.24, 2.45) is 0 Å². The van der Waals surface area contributed by atoms with Crippen molar-refractivity contribution in [2.75, 3.05) is 11.9 Å². The molecule has 2 aromatic rings. The molecule has 0 unspecified atom stereocenters. The molecule has 0 radical (unpaired) electrons. The van der Waals surface area contributed by atoms with Crippen molar-refractivity contribution in [1.82, 2.24) is 0 Å². The summed E-state index contributed by atoms with van der Waals surface area (Å²) in [4.78, 5) is 11.8. The number of amides is 1. The second-order valence-electron chi connectivity index (χ2n) is 4.31. The van der Waals surface area contributed by atoms with Crippen LogP contribution in [0.15, 0.2) is 48.5 Å². The molecule has 2 rings (SSSR count). The van der Waals surface area contributed by atoms with Gasteiger partial charge in [-0.05, 0) is 31.2 Å². The van der Waals surface area contributed by atoms with Crippen molar-refractivity contribution in [3.8, 4) is 11.8 Å². The molecule has 0 aliphatic rings. The van der Waals surface area contributed by atoms with E-state index in [4.69, 9.17) is 10.00 Å². The van der Waals surface area contributed by atoms with Crippen molar-refractivity contribution in [1.29, 1.82) is 5.26 Å². The van der Waals surface area contributed by atoms with Crippen LogP contribution in [0, 0.1) is 18.3 Å². The molecule has 0 spiro atoms. The molecule has 0 bridgehead atoms. The second kappa shape index (κ2) is 6.39. The molecule has 1 amide bonds. The van der Waals surface area contributed by atoms with Crippen LogP contribution in [-0.2, 0) is 4.79 Å². The number of hydrogen-bond donors (Lipinski definition) is 1. The maximum absolute atomic E-state index is 11.8. The Kier molecular flexibility index (Phi) is 4.35. The van der Waals surface area contributed by atoms with Crippen LogP contribution >= 0.6 is 0 Å². The fraction of sp³-hybridized carbons (Fsp3) is 0.125. The van der Waals surface area contributed by atoms with Gasteiger partial charge in [-0.3, -0.25) is 4.79 Å². The Labute approximate surface area is 117 Å². The van der Waals surface area contributed by atoms with Gasteiger partial charge >= 0.3 is 0 Å². The van der Waals surface area contributed by atoms with E-state index < -0.39 is 0 Å². The van der Waals surface area contributed by atoms with E-state index in [1.54, 1.807) is 24.3 Å². The Morgan fingerprint density at radius 2 is 1.90 bits per heavy atom. The molecule has 0 heterocycles. The van der Waals surface area contributed by atoms with Gasteiger partial charge in [0.1, 0.15) is 11.8 Å². The molecule has 0 aliphatic carbocycles. The molecule has 0 saturated carbocycles. The standard InChI is InChI=1S/C16H14N2O2/c1-12-6-8-14(9-7-12)20-11-16(19)18-15-5-3-2-4-13(15)10-17/h2-9H,11H2,1H3,(H,18,19). The molecule has 2 aromatic carbocycles. The summed E-state index contributed by atoms with van der Waals surface area (Å²) >= 11 is 0. The highest BCUT2D eigenvalue weighted by Gasteiger charge is 2.06.